The van der Waals surface area contributed by atoms with Crippen molar-refractivity contribution in [3.8, 4) is 0 Å². The standard InChI is InChI=1S/C22H29N5O2/c28-22(24-17-9-3-4-10-17)27-13-18(16-8-5-11-23-12-16)19(14-27)21-25-20(26-29-21)15-6-1-2-7-15/h5,8,11-12,15,17-19H,1-4,6-7,9-10,13-14H2,(H,24,28)/t18-,19+/m0/s1. The van der Waals surface area contributed by atoms with Gasteiger partial charge in [-0.2, -0.15) is 4.98 Å². The number of nitrogens with zero attached hydrogens (tertiary/aromatic N) is 4. The van der Waals surface area contributed by atoms with E-state index >= 15 is 0 Å². The molecule has 2 saturated carbocycles. The number of amides is 2. The number of urea groups is 1. The van der Waals surface area contributed by atoms with Gasteiger partial charge in [-0.15, -0.1) is 0 Å². The van der Waals surface area contributed by atoms with Gasteiger partial charge in [-0.25, -0.2) is 4.79 Å². The molecule has 29 heavy (non-hydrogen) atoms. The van der Waals surface area contributed by atoms with Crippen LogP contribution >= 0.6 is 0 Å². The Bertz CT molecular complexity index is 827. The maximum absolute atomic E-state index is 12.9. The summed E-state index contributed by atoms with van der Waals surface area (Å²) in [4.78, 5) is 23.9. The molecule has 154 valence electrons. The fourth-order valence-electron chi connectivity index (χ4n) is 5.24. The van der Waals surface area contributed by atoms with Gasteiger partial charge >= 0.3 is 6.03 Å². The molecule has 3 aliphatic rings. The lowest BCUT2D eigenvalue weighted by molar-refractivity contribution is 0.203. The number of hydrogen-bond acceptors (Lipinski definition) is 5. The lowest BCUT2D eigenvalue weighted by atomic mass is 9.90. The maximum Gasteiger partial charge on any atom is 0.317 e. The van der Waals surface area contributed by atoms with Crippen LogP contribution in [0.3, 0.4) is 0 Å². The van der Waals surface area contributed by atoms with E-state index in [2.05, 4.69) is 21.5 Å². The quantitative estimate of drug-likeness (QED) is 0.847. The smallest absolute Gasteiger partial charge is 0.317 e. The molecule has 0 bridgehead atoms. The topological polar surface area (TPSA) is 84.2 Å². The normalized spacial score (nSPS) is 25.7. The Hall–Kier alpha value is -2.44. The highest BCUT2D eigenvalue weighted by molar-refractivity contribution is 5.75. The van der Waals surface area contributed by atoms with Gasteiger partial charge in [0, 0.05) is 43.4 Å². The van der Waals surface area contributed by atoms with E-state index in [0.29, 0.717) is 30.9 Å². The first kappa shape index (κ1) is 18.6. The number of likely N-dealkylation sites (tertiary alicyclic amines) is 1. The highest BCUT2D eigenvalue weighted by Gasteiger charge is 2.41. The molecule has 7 nitrogen and oxygen atoms in total. The van der Waals surface area contributed by atoms with Gasteiger partial charge in [-0.1, -0.05) is 36.9 Å². The second-order valence-electron chi connectivity index (χ2n) is 8.81. The minimum atomic E-state index is 0.0104. The fourth-order valence-corrected chi connectivity index (χ4v) is 5.24. The molecule has 1 aliphatic heterocycles. The van der Waals surface area contributed by atoms with Crippen molar-refractivity contribution in [1.29, 1.82) is 0 Å². The Morgan fingerprint density at radius 3 is 2.59 bits per heavy atom. The van der Waals surface area contributed by atoms with Gasteiger partial charge in [-0.3, -0.25) is 4.98 Å². The molecular weight excluding hydrogens is 366 g/mol. The Kier molecular flexibility index (Phi) is 5.21. The number of rotatable bonds is 4. The molecule has 0 radical (unpaired) electrons. The SMILES string of the molecule is O=C(NC1CCCC1)N1C[C@@H](c2cccnc2)[C@H](c2nc(C3CCCC3)no2)C1. The molecule has 0 unspecified atom stereocenters. The largest absolute Gasteiger partial charge is 0.339 e. The highest BCUT2D eigenvalue weighted by Crippen LogP contribution is 2.40. The average molecular weight is 396 g/mol. The molecular formula is C22H29N5O2. The highest BCUT2D eigenvalue weighted by atomic mass is 16.5. The first-order chi connectivity index (χ1) is 14.3. The number of carbonyl (C=O) groups excluding carboxylic acids is 1. The molecule has 7 heteroatoms. The van der Waals surface area contributed by atoms with Gasteiger partial charge in [0.05, 0.1) is 5.92 Å². The van der Waals surface area contributed by atoms with E-state index in [4.69, 9.17) is 9.51 Å². The van der Waals surface area contributed by atoms with Crippen LogP contribution < -0.4 is 5.32 Å². The van der Waals surface area contributed by atoms with Crippen LogP contribution in [-0.4, -0.2) is 45.2 Å². The lowest BCUT2D eigenvalue weighted by Gasteiger charge is -2.20. The van der Waals surface area contributed by atoms with Gasteiger partial charge < -0.3 is 14.7 Å². The van der Waals surface area contributed by atoms with E-state index in [1.165, 1.54) is 25.7 Å². The number of pyridine rings is 1. The van der Waals surface area contributed by atoms with Gasteiger partial charge in [0.15, 0.2) is 5.82 Å². The fraction of sp³-hybridized carbons (Fsp3) is 0.636. The monoisotopic (exact) mass is 395 g/mol. The van der Waals surface area contributed by atoms with Crippen LogP contribution in [-0.2, 0) is 0 Å². The van der Waals surface area contributed by atoms with Crippen LogP contribution in [0.5, 0.6) is 0 Å². The van der Waals surface area contributed by atoms with Crippen molar-refractivity contribution in [3.63, 3.8) is 0 Å². The molecule has 0 spiro atoms. The molecule has 1 N–H and O–H groups in total. The summed E-state index contributed by atoms with van der Waals surface area (Å²) in [6.07, 6.45) is 13.0. The summed E-state index contributed by atoms with van der Waals surface area (Å²) >= 11 is 0. The predicted molar refractivity (Wildman–Crippen MR) is 108 cm³/mol. The van der Waals surface area contributed by atoms with Crippen molar-refractivity contribution < 1.29 is 9.32 Å². The van der Waals surface area contributed by atoms with E-state index in [1.54, 1.807) is 6.20 Å². The van der Waals surface area contributed by atoms with E-state index in [1.807, 2.05) is 17.2 Å². The third kappa shape index (κ3) is 3.87. The maximum atomic E-state index is 12.9. The summed E-state index contributed by atoms with van der Waals surface area (Å²) in [5.41, 5.74) is 1.12. The van der Waals surface area contributed by atoms with Crippen LogP contribution in [0.25, 0.3) is 0 Å². The van der Waals surface area contributed by atoms with Crippen molar-refractivity contribution in [2.24, 2.45) is 0 Å². The van der Waals surface area contributed by atoms with Crippen LogP contribution in [0.2, 0.25) is 0 Å². The Morgan fingerprint density at radius 2 is 1.83 bits per heavy atom. The second kappa shape index (κ2) is 8.13. The number of nitrogens with one attached hydrogen (secondary N) is 1. The Balaban J connectivity index is 1.36. The second-order valence-corrected chi connectivity index (χ2v) is 8.81. The van der Waals surface area contributed by atoms with Crippen molar-refractivity contribution in [1.82, 2.24) is 25.3 Å². The minimum absolute atomic E-state index is 0.0104. The van der Waals surface area contributed by atoms with Crippen molar-refractivity contribution in [2.45, 2.75) is 75.2 Å². The number of aromatic nitrogens is 3. The zero-order valence-electron chi connectivity index (χ0n) is 16.8. The zero-order chi connectivity index (χ0) is 19.6. The molecule has 2 aromatic heterocycles. The predicted octanol–water partition coefficient (Wildman–Crippen LogP) is 3.96. The summed E-state index contributed by atoms with van der Waals surface area (Å²) in [6.45, 7) is 1.25. The number of carbonyl (C=O) groups is 1. The summed E-state index contributed by atoms with van der Waals surface area (Å²) in [6, 6.07) is 4.38. The first-order valence-corrected chi connectivity index (χ1v) is 11.1. The van der Waals surface area contributed by atoms with E-state index in [9.17, 15) is 4.79 Å². The molecule has 0 aromatic carbocycles. The first-order valence-electron chi connectivity index (χ1n) is 11.1. The van der Waals surface area contributed by atoms with E-state index in [-0.39, 0.29) is 17.9 Å². The summed E-state index contributed by atoms with van der Waals surface area (Å²) in [5.74, 6) is 2.06. The molecule has 2 amide bonds. The zero-order valence-corrected chi connectivity index (χ0v) is 16.8. The molecule has 3 fully saturated rings. The summed E-state index contributed by atoms with van der Waals surface area (Å²) < 4.78 is 5.73. The minimum Gasteiger partial charge on any atom is -0.339 e. The Morgan fingerprint density at radius 1 is 1.07 bits per heavy atom. The Labute approximate surface area is 171 Å². The van der Waals surface area contributed by atoms with Crippen LogP contribution in [0.1, 0.15) is 86.4 Å². The molecule has 2 atom stereocenters. The van der Waals surface area contributed by atoms with E-state index < -0.39 is 0 Å². The van der Waals surface area contributed by atoms with Gasteiger partial charge in [0.2, 0.25) is 5.89 Å². The summed E-state index contributed by atoms with van der Waals surface area (Å²) in [7, 11) is 0. The molecule has 5 rings (SSSR count). The van der Waals surface area contributed by atoms with Gasteiger partial charge in [-0.05, 0) is 37.3 Å². The third-order valence-electron chi connectivity index (χ3n) is 6.90. The molecule has 1 saturated heterocycles. The lowest BCUT2D eigenvalue weighted by Crippen LogP contribution is -2.43. The van der Waals surface area contributed by atoms with Crippen LogP contribution in [0.15, 0.2) is 29.0 Å². The van der Waals surface area contributed by atoms with Crippen molar-refractivity contribution in [2.75, 3.05) is 13.1 Å². The van der Waals surface area contributed by atoms with E-state index in [0.717, 1.165) is 37.1 Å². The van der Waals surface area contributed by atoms with Gasteiger partial charge in [0.1, 0.15) is 0 Å². The molecule has 2 aliphatic carbocycles. The summed E-state index contributed by atoms with van der Waals surface area (Å²) in [5, 5.41) is 7.52. The molecule has 2 aromatic rings. The number of hydrogen-bond donors (Lipinski definition) is 1. The van der Waals surface area contributed by atoms with Crippen LogP contribution in [0.4, 0.5) is 4.79 Å². The van der Waals surface area contributed by atoms with Gasteiger partial charge in [0.25, 0.3) is 0 Å². The third-order valence-corrected chi connectivity index (χ3v) is 6.90. The van der Waals surface area contributed by atoms with Crippen molar-refractivity contribution >= 4 is 6.03 Å². The molecule has 3 heterocycles. The average Bonchev–Trinajstić information content (AvgIpc) is 3.55. The van der Waals surface area contributed by atoms with Crippen molar-refractivity contribution in [3.05, 3.63) is 41.8 Å². The van der Waals surface area contributed by atoms with Crippen LogP contribution in [0, 0.1) is 0 Å².